The van der Waals surface area contributed by atoms with Crippen LogP contribution in [0.2, 0.25) is 0 Å². The van der Waals surface area contributed by atoms with Crippen molar-refractivity contribution in [3.05, 3.63) is 18.1 Å². The molecule has 0 saturated heterocycles. The highest BCUT2D eigenvalue weighted by Gasteiger charge is 2.10. The predicted molar refractivity (Wildman–Crippen MR) is 62.1 cm³/mol. The maximum atomic E-state index is 12.2. The van der Waals surface area contributed by atoms with Crippen LogP contribution in [0.5, 0.6) is 0 Å². The molecule has 94 valence electrons. The second-order valence-electron chi connectivity index (χ2n) is 3.14. The number of hydrogen-bond acceptors (Lipinski definition) is 3. The summed E-state index contributed by atoms with van der Waals surface area (Å²) >= 11 is 0. The van der Waals surface area contributed by atoms with Gasteiger partial charge in [-0.1, -0.05) is 20.8 Å². The van der Waals surface area contributed by atoms with Crippen LogP contribution in [0, 0.1) is 0 Å². The van der Waals surface area contributed by atoms with E-state index >= 15 is 0 Å². The molecule has 0 aliphatic rings. The molecular weight excluding hydrogens is 226 g/mol. The van der Waals surface area contributed by atoms with E-state index in [4.69, 9.17) is 0 Å². The van der Waals surface area contributed by atoms with Crippen molar-refractivity contribution in [1.29, 1.82) is 0 Å². The highest BCUT2D eigenvalue weighted by Crippen LogP contribution is 2.10. The number of aryl methyl sites for hydroxylation is 1. The lowest BCUT2D eigenvalue weighted by Crippen LogP contribution is -2.09. The smallest absolute Gasteiger partial charge is 0.249 e. The zero-order valence-corrected chi connectivity index (χ0v) is 10.2. The molecule has 0 spiro atoms. The molecule has 0 aliphatic heterocycles. The topological polar surface area (TPSA) is 43.6 Å². The van der Waals surface area contributed by atoms with Crippen molar-refractivity contribution < 1.29 is 8.78 Å². The minimum absolute atomic E-state index is 0.426. The number of nitrogens with zero attached hydrogens (tertiary/aromatic N) is 4. The monoisotopic (exact) mass is 242 g/mol. The maximum Gasteiger partial charge on any atom is 0.258 e. The number of aromatic nitrogens is 4. The van der Waals surface area contributed by atoms with Crippen molar-refractivity contribution in [1.82, 2.24) is 19.7 Å². The lowest BCUT2D eigenvalue weighted by molar-refractivity contribution is 0.123. The lowest BCUT2D eigenvalue weighted by atomic mass is 10.3. The van der Waals surface area contributed by atoms with Gasteiger partial charge in [0.15, 0.2) is 5.65 Å². The van der Waals surface area contributed by atoms with Gasteiger partial charge in [0.2, 0.25) is 0 Å². The Labute approximate surface area is 98.7 Å². The first-order valence-corrected chi connectivity index (χ1v) is 5.66. The summed E-state index contributed by atoms with van der Waals surface area (Å²) in [7, 11) is 0. The van der Waals surface area contributed by atoms with Crippen molar-refractivity contribution in [2.24, 2.45) is 0 Å². The summed E-state index contributed by atoms with van der Waals surface area (Å²) in [5, 5.41) is 3.82. The number of alkyl halides is 2. The first-order chi connectivity index (χ1) is 8.20. The molecule has 0 saturated carbocycles. The molecule has 0 aliphatic carbocycles. The van der Waals surface area contributed by atoms with Gasteiger partial charge < -0.3 is 0 Å². The van der Waals surface area contributed by atoms with E-state index < -0.39 is 13.0 Å². The Hall–Kier alpha value is -1.59. The molecule has 0 amide bonds. The van der Waals surface area contributed by atoms with Crippen molar-refractivity contribution in [3.8, 4) is 0 Å². The summed E-state index contributed by atoms with van der Waals surface area (Å²) in [6, 6.07) is 0. The molecule has 2 aromatic heterocycles. The zero-order chi connectivity index (χ0) is 12.8. The standard InChI is InChI=1S/C9H10F2N4.C2H6/c1-2-6-3-12-7-4-13-15(5-8(10)11)9(7)14-6;1-2/h3-4,8H,2,5H2,1H3;1-2H3. The number of halogens is 2. The van der Waals surface area contributed by atoms with Gasteiger partial charge in [-0.05, 0) is 6.42 Å². The normalized spacial score (nSPS) is 10.5. The van der Waals surface area contributed by atoms with E-state index in [-0.39, 0.29) is 0 Å². The maximum absolute atomic E-state index is 12.2. The average Bonchev–Trinajstić information content (AvgIpc) is 2.73. The minimum atomic E-state index is -2.43. The summed E-state index contributed by atoms with van der Waals surface area (Å²) < 4.78 is 25.6. The van der Waals surface area contributed by atoms with Crippen LogP contribution in [-0.2, 0) is 13.0 Å². The van der Waals surface area contributed by atoms with Crippen LogP contribution in [-0.4, -0.2) is 26.2 Å². The van der Waals surface area contributed by atoms with Gasteiger partial charge >= 0.3 is 0 Å². The molecule has 2 heterocycles. The SMILES string of the molecule is CC.CCc1cnc2cnn(CC(F)F)c2n1. The summed E-state index contributed by atoms with van der Waals surface area (Å²) in [6.45, 7) is 5.50. The predicted octanol–water partition coefficient (Wildman–Crippen LogP) is 2.68. The van der Waals surface area contributed by atoms with E-state index in [2.05, 4.69) is 15.1 Å². The van der Waals surface area contributed by atoms with E-state index in [0.29, 0.717) is 11.2 Å². The third-order valence-corrected chi connectivity index (χ3v) is 2.07. The summed E-state index contributed by atoms with van der Waals surface area (Å²) in [6.07, 6.45) is 1.38. The second-order valence-corrected chi connectivity index (χ2v) is 3.14. The third kappa shape index (κ3) is 3.18. The Morgan fingerprint density at radius 3 is 2.59 bits per heavy atom. The quantitative estimate of drug-likeness (QED) is 0.831. The van der Waals surface area contributed by atoms with Crippen LogP contribution in [0.3, 0.4) is 0 Å². The molecule has 0 radical (unpaired) electrons. The molecule has 0 bridgehead atoms. The Morgan fingerprint density at radius 2 is 2.00 bits per heavy atom. The van der Waals surface area contributed by atoms with Crippen molar-refractivity contribution in [2.75, 3.05) is 0 Å². The van der Waals surface area contributed by atoms with Gasteiger partial charge in [0.05, 0.1) is 11.9 Å². The van der Waals surface area contributed by atoms with Crippen LogP contribution < -0.4 is 0 Å². The highest BCUT2D eigenvalue weighted by atomic mass is 19.3. The summed E-state index contributed by atoms with van der Waals surface area (Å²) in [5.74, 6) is 0. The van der Waals surface area contributed by atoms with Crippen LogP contribution in [0.1, 0.15) is 26.5 Å². The first kappa shape index (κ1) is 13.5. The molecule has 0 atom stereocenters. The van der Waals surface area contributed by atoms with E-state index in [1.807, 2.05) is 20.8 Å². The van der Waals surface area contributed by atoms with Crippen molar-refractivity contribution >= 4 is 11.2 Å². The Balaban J connectivity index is 0.000000686. The Kier molecular flexibility index (Phi) is 4.93. The van der Waals surface area contributed by atoms with Crippen LogP contribution >= 0.6 is 0 Å². The van der Waals surface area contributed by atoms with E-state index in [1.54, 1.807) is 6.20 Å². The van der Waals surface area contributed by atoms with Crippen molar-refractivity contribution in [3.63, 3.8) is 0 Å². The number of fused-ring (bicyclic) bond motifs is 1. The minimum Gasteiger partial charge on any atom is -0.249 e. The fourth-order valence-corrected chi connectivity index (χ4v) is 1.32. The molecule has 17 heavy (non-hydrogen) atoms. The molecule has 0 fully saturated rings. The van der Waals surface area contributed by atoms with Gasteiger partial charge in [0.25, 0.3) is 6.43 Å². The van der Waals surface area contributed by atoms with E-state index in [9.17, 15) is 8.78 Å². The molecule has 4 nitrogen and oxygen atoms in total. The van der Waals surface area contributed by atoms with Gasteiger partial charge in [-0.15, -0.1) is 0 Å². The zero-order valence-electron chi connectivity index (χ0n) is 10.2. The van der Waals surface area contributed by atoms with Gasteiger partial charge in [-0.3, -0.25) is 0 Å². The average molecular weight is 242 g/mol. The van der Waals surface area contributed by atoms with Gasteiger partial charge in [-0.25, -0.2) is 23.4 Å². The molecule has 0 N–H and O–H groups in total. The molecule has 6 heteroatoms. The van der Waals surface area contributed by atoms with Gasteiger partial charge in [0, 0.05) is 6.20 Å². The third-order valence-electron chi connectivity index (χ3n) is 2.07. The van der Waals surface area contributed by atoms with Crippen molar-refractivity contribution in [2.45, 2.75) is 40.2 Å². The second kappa shape index (κ2) is 6.22. The fourth-order valence-electron chi connectivity index (χ4n) is 1.32. The molecule has 0 aromatic carbocycles. The van der Waals surface area contributed by atoms with Crippen LogP contribution in [0.15, 0.2) is 12.4 Å². The highest BCUT2D eigenvalue weighted by molar-refractivity contribution is 5.69. The Morgan fingerprint density at radius 1 is 1.29 bits per heavy atom. The molecular formula is C11H16F2N4. The van der Waals surface area contributed by atoms with E-state index in [1.165, 1.54) is 10.9 Å². The first-order valence-electron chi connectivity index (χ1n) is 5.66. The summed E-state index contributed by atoms with van der Waals surface area (Å²) in [4.78, 5) is 8.30. The number of rotatable bonds is 3. The van der Waals surface area contributed by atoms with Crippen LogP contribution in [0.4, 0.5) is 8.78 Å². The fraction of sp³-hybridized carbons (Fsp3) is 0.545. The Bertz CT molecular complexity index is 467. The van der Waals surface area contributed by atoms with Crippen LogP contribution in [0.25, 0.3) is 11.2 Å². The number of hydrogen-bond donors (Lipinski definition) is 0. The summed E-state index contributed by atoms with van der Waals surface area (Å²) in [5.41, 5.74) is 1.75. The van der Waals surface area contributed by atoms with E-state index in [0.717, 1.165) is 12.1 Å². The largest absolute Gasteiger partial charge is 0.258 e. The molecule has 2 aromatic rings. The van der Waals surface area contributed by atoms with Gasteiger partial charge in [0.1, 0.15) is 12.1 Å². The molecule has 0 unspecified atom stereocenters. The lowest BCUT2D eigenvalue weighted by Gasteiger charge is -2.01. The van der Waals surface area contributed by atoms with Gasteiger partial charge in [-0.2, -0.15) is 5.10 Å². The molecule has 2 rings (SSSR count).